The molecule has 5 aromatic rings. The van der Waals surface area contributed by atoms with Crippen molar-refractivity contribution in [3.05, 3.63) is 99.4 Å². The van der Waals surface area contributed by atoms with Crippen LogP contribution in [0, 0.1) is 5.82 Å². The Kier molecular flexibility index (Phi) is 5.50. The van der Waals surface area contributed by atoms with Gasteiger partial charge in [0, 0.05) is 22.0 Å². The molecule has 0 radical (unpaired) electrons. The average Bonchev–Trinajstić information content (AvgIpc) is 3.71. The second kappa shape index (κ2) is 8.85. The van der Waals surface area contributed by atoms with Gasteiger partial charge >= 0.3 is 5.63 Å². The van der Waals surface area contributed by atoms with Crippen LogP contribution < -0.4 is 15.9 Å². The summed E-state index contributed by atoms with van der Waals surface area (Å²) in [4.78, 5) is 26.6. The van der Waals surface area contributed by atoms with Crippen LogP contribution in [0.1, 0.15) is 0 Å². The van der Waals surface area contributed by atoms with Gasteiger partial charge in [-0.25, -0.2) is 9.18 Å². The molecule has 0 unspecified atom stereocenters. The number of aromatic nitrogens is 1. The number of benzene rings is 3. The molecule has 6 rings (SSSR count). The fourth-order valence-corrected chi connectivity index (χ4v) is 4.87. The zero-order valence-electron chi connectivity index (χ0n) is 18.6. The number of hydrogen-bond donors (Lipinski definition) is 1. The Morgan fingerprint density at radius 2 is 1.81 bits per heavy atom. The average molecular weight is 504 g/mol. The van der Waals surface area contributed by atoms with Crippen molar-refractivity contribution in [1.29, 1.82) is 0 Å². The van der Waals surface area contributed by atoms with Crippen molar-refractivity contribution in [3.8, 4) is 17.2 Å². The van der Waals surface area contributed by atoms with Crippen LogP contribution in [0.25, 0.3) is 27.6 Å². The van der Waals surface area contributed by atoms with E-state index in [1.165, 1.54) is 22.8 Å². The Bertz CT molecular complexity index is 1740. The molecular formula is C27H18FNO6S. The summed E-state index contributed by atoms with van der Waals surface area (Å²) in [5.74, 6) is -0.609. The molecule has 36 heavy (non-hydrogen) atoms. The Hall–Kier alpha value is -4.08. The maximum absolute atomic E-state index is 14.3. The molecule has 3 heterocycles. The smallest absolute Gasteiger partial charge is 0.354 e. The van der Waals surface area contributed by atoms with Crippen molar-refractivity contribution >= 4 is 33.6 Å². The van der Waals surface area contributed by atoms with Crippen molar-refractivity contribution < 1.29 is 23.4 Å². The zero-order valence-corrected chi connectivity index (χ0v) is 19.5. The Morgan fingerprint density at radius 1 is 1.06 bits per heavy atom. The molecule has 3 aromatic carbocycles. The Labute approximate surface area is 207 Å². The third kappa shape index (κ3) is 3.92. The van der Waals surface area contributed by atoms with Crippen LogP contribution in [0.15, 0.2) is 96.6 Å². The topological polar surface area (TPSA) is 94.2 Å². The lowest BCUT2D eigenvalue weighted by Gasteiger charge is -2.15. The second-order valence-electron chi connectivity index (χ2n) is 8.23. The van der Waals surface area contributed by atoms with Gasteiger partial charge < -0.3 is 19.0 Å². The van der Waals surface area contributed by atoms with Crippen molar-refractivity contribution in [2.45, 2.75) is 15.9 Å². The lowest BCUT2D eigenvalue weighted by molar-refractivity contribution is 0.263. The molecule has 1 fully saturated rings. The number of rotatable bonds is 6. The number of para-hydroxylation sites is 1. The Morgan fingerprint density at radius 3 is 2.56 bits per heavy atom. The predicted octanol–water partition coefficient (Wildman–Crippen LogP) is 4.87. The molecule has 1 saturated heterocycles. The summed E-state index contributed by atoms with van der Waals surface area (Å²) in [5, 5.41) is 11.4. The fourth-order valence-electron chi connectivity index (χ4n) is 4.01. The number of hydrogen-bond acceptors (Lipinski definition) is 7. The number of fused-ring (bicyclic) bond motifs is 3. The molecule has 0 spiro atoms. The highest BCUT2D eigenvalue weighted by atomic mass is 32.2. The molecule has 0 aliphatic carbocycles. The number of pyridine rings is 1. The molecule has 1 aliphatic rings. The summed E-state index contributed by atoms with van der Waals surface area (Å²) in [6.07, 6.45) is 0.0500. The first-order chi connectivity index (χ1) is 17.5. The molecule has 1 atom stereocenters. The van der Waals surface area contributed by atoms with Gasteiger partial charge in [-0.15, -0.1) is 0 Å². The van der Waals surface area contributed by atoms with E-state index in [1.807, 2.05) is 6.07 Å². The monoisotopic (exact) mass is 503 g/mol. The fraction of sp³-hybridized carbons (Fsp3) is 0.111. The molecular weight excluding hydrogens is 485 g/mol. The third-order valence-corrected chi connectivity index (χ3v) is 6.95. The molecule has 2 aromatic heterocycles. The molecule has 180 valence electrons. The van der Waals surface area contributed by atoms with Crippen LogP contribution in [0.4, 0.5) is 4.39 Å². The number of nitrogens with zero attached hydrogens (tertiary/aromatic N) is 1. The first-order valence-corrected chi connectivity index (χ1v) is 11.9. The van der Waals surface area contributed by atoms with Gasteiger partial charge in [-0.05, 0) is 36.4 Å². The van der Waals surface area contributed by atoms with Gasteiger partial charge in [0.25, 0.3) is 5.56 Å². The van der Waals surface area contributed by atoms with Crippen molar-refractivity contribution in [2.75, 3.05) is 13.2 Å². The maximum atomic E-state index is 14.3. The zero-order chi connectivity index (χ0) is 24.8. The van der Waals surface area contributed by atoms with Gasteiger partial charge in [-0.2, -0.15) is 0 Å². The minimum absolute atomic E-state index is 0.0500. The largest absolute Gasteiger partial charge is 0.505 e. The molecule has 1 aliphatic heterocycles. The summed E-state index contributed by atoms with van der Waals surface area (Å²) in [7, 11) is 0. The molecule has 9 heteroatoms. The third-order valence-electron chi connectivity index (χ3n) is 5.83. The lowest BCUT2D eigenvalue weighted by Crippen LogP contribution is -2.21. The first-order valence-electron chi connectivity index (χ1n) is 11.1. The van der Waals surface area contributed by atoms with E-state index in [0.29, 0.717) is 47.3 Å². The van der Waals surface area contributed by atoms with Crippen LogP contribution in [0.3, 0.4) is 0 Å². The molecule has 0 saturated carbocycles. The molecule has 1 N–H and O–H groups in total. The summed E-state index contributed by atoms with van der Waals surface area (Å²) in [5.41, 5.74) is -0.545. The van der Waals surface area contributed by atoms with Crippen LogP contribution in [-0.2, 0) is 4.74 Å². The van der Waals surface area contributed by atoms with Crippen LogP contribution >= 0.6 is 11.8 Å². The van der Waals surface area contributed by atoms with E-state index in [2.05, 4.69) is 0 Å². The van der Waals surface area contributed by atoms with E-state index in [-0.39, 0.29) is 26.9 Å². The van der Waals surface area contributed by atoms with E-state index in [4.69, 9.17) is 13.9 Å². The van der Waals surface area contributed by atoms with E-state index < -0.39 is 22.8 Å². The first kappa shape index (κ1) is 22.4. The summed E-state index contributed by atoms with van der Waals surface area (Å²) >= 11 is 0.704. The highest BCUT2D eigenvalue weighted by molar-refractivity contribution is 7.99. The van der Waals surface area contributed by atoms with Crippen molar-refractivity contribution in [3.63, 3.8) is 0 Å². The number of epoxide rings is 1. The quantitative estimate of drug-likeness (QED) is 0.261. The maximum Gasteiger partial charge on any atom is 0.354 e. The summed E-state index contributed by atoms with van der Waals surface area (Å²) in [6, 6.07) is 19.8. The lowest BCUT2D eigenvalue weighted by atomic mass is 10.1. The van der Waals surface area contributed by atoms with Gasteiger partial charge in [0.05, 0.1) is 12.1 Å². The summed E-state index contributed by atoms with van der Waals surface area (Å²) in [6.45, 7) is 1.02. The standard InChI is InChI=1S/C27H18FNO6S/c28-19-8-4-5-9-21(19)36-25-23(30)22-24(35-27(25)32)18-11-10-16(33-13-17-14-34-17)12-20(18)29(26(22)31)15-6-2-1-3-7-15/h1-12,17,30H,13-14H2/t17-/m0/s1. The van der Waals surface area contributed by atoms with Gasteiger partial charge in [-0.1, -0.05) is 42.1 Å². The molecule has 0 amide bonds. The molecule has 0 bridgehead atoms. The van der Waals surface area contributed by atoms with Gasteiger partial charge in [0.1, 0.15) is 34.6 Å². The minimum Gasteiger partial charge on any atom is -0.505 e. The van der Waals surface area contributed by atoms with Gasteiger partial charge in [-0.3, -0.25) is 9.36 Å². The Balaban J connectivity index is 1.62. The molecule has 7 nitrogen and oxygen atoms in total. The second-order valence-corrected chi connectivity index (χ2v) is 9.28. The van der Waals surface area contributed by atoms with E-state index in [0.717, 1.165) is 0 Å². The minimum atomic E-state index is -0.877. The van der Waals surface area contributed by atoms with Crippen LogP contribution in [0.2, 0.25) is 0 Å². The number of aromatic hydroxyl groups is 1. The van der Waals surface area contributed by atoms with E-state index in [9.17, 15) is 19.1 Å². The highest BCUT2D eigenvalue weighted by Gasteiger charge is 2.25. The van der Waals surface area contributed by atoms with E-state index in [1.54, 1.807) is 48.5 Å². The number of halogens is 1. The van der Waals surface area contributed by atoms with Crippen molar-refractivity contribution in [1.82, 2.24) is 4.57 Å². The van der Waals surface area contributed by atoms with E-state index >= 15 is 0 Å². The normalized spacial score (nSPS) is 14.9. The SMILES string of the molecule is O=c1oc2c(c(O)c1Sc1ccccc1F)c(=O)n(-c1ccccc1)c1cc(OC[C@H]3CO3)ccc21. The van der Waals surface area contributed by atoms with Gasteiger partial charge in [0.2, 0.25) is 0 Å². The van der Waals surface area contributed by atoms with Crippen molar-refractivity contribution in [2.24, 2.45) is 0 Å². The van der Waals surface area contributed by atoms with Crippen LogP contribution in [-0.4, -0.2) is 29.0 Å². The highest BCUT2D eigenvalue weighted by Crippen LogP contribution is 2.38. The number of ether oxygens (including phenoxy) is 2. The van der Waals surface area contributed by atoms with Crippen LogP contribution in [0.5, 0.6) is 11.5 Å². The van der Waals surface area contributed by atoms with Gasteiger partial charge in [0.15, 0.2) is 11.3 Å². The predicted molar refractivity (Wildman–Crippen MR) is 133 cm³/mol. The summed E-state index contributed by atoms with van der Waals surface area (Å²) < 4.78 is 32.3.